The maximum absolute atomic E-state index is 12.3. The lowest BCUT2D eigenvalue weighted by atomic mass is 9.61. The molecule has 0 aromatic rings. The molecule has 0 aromatic carbocycles. The summed E-state index contributed by atoms with van der Waals surface area (Å²) in [6.45, 7) is 10.2. The molecule has 0 saturated heterocycles. The van der Waals surface area contributed by atoms with E-state index in [9.17, 15) is 4.79 Å². The second-order valence-corrected chi connectivity index (χ2v) is 8.06. The van der Waals surface area contributed by atoms with Crippen LogP contribution < -0.4 is 0 Å². The number of esters is 1. The van der Waals surface area contributed by atoms with Crippen LogP contribution in [0.2, 0.25) is 0 Å². The van der Waals surface area contributed by atoms with Crippen LogP contribution >= 0.6 is 0 Å². The van der Waals surface area contributed by atoms with Gasteiger partial charge in [0.15, 0.2) is 0 Å². The van der Waals surface area contributed by atoms with Crippen molar-refractivity contribution in [1.29, 1.82) is 0 Å². The van der Waals surface area contributed by atoms with E-state index in [1.54, 1.807) is 6.92 Å². The van der Waals surface area contributed by atoms with Gasteiger partial charge < -0.3 is 4.74 Å². The van der Waals surface area contributed by atoms with Gasteiger partial charge in [-0.25, -0.2) is 4.79 Å². The average molecular weight is 290 g/mol. The van der Waals surface area contributed by atoms with Gasteiger partial charge >= 0.3 is 5.97 Å². The number of carbonyl (C=O) groups excluding carboxylic acids is 1. The summed E-state index contributed by atoms with van der Waals surface area (Å²) in [6, 6.07) is 0. The Morgan fingerprint density at radius 2 is 1.95 bits per heavy atom. The first kappa shape index (κ1) is 15.1. The highest BCUT2D eigenvalue weighted by molar-refractivity contribution is 5.87. The Kier molecular flexibility index (Phi) is 3.92. The van der Waals surface area contributed by atoms with E-state index in [0.29, 0.717) is 23.3 Å². The van der Waals surface area contributed by atoms with Gasteiger partial charge in [0, 0.05) is 11.5 Å². The minimum atomic E-state index is -0.215. The highest BCUT2D eigenvalue weighted by atomic mass is 16.6. The van der Waals surface area contributed by atoms with Crippen LogP contribution in [0.3, 0.4) is 0 Å². The lowest BCUT2D eigenvalue weighted by Gasteiger charge is -2.51. The Balaban J connectivity index is 1.90. The molecule has 2 nitrogen and oxygen atoms in total. The average Bonchev–Trinajstić information content (AvgIpc) is 3.06. The Morgan fingerprint density at radius 1 is 1.19 bits per heavy atom. The summed E-state index contributed by atoms with van der Waals surface area (Å²) in [5.74, 6) is 3.23. The molecule has 2 heteroatoms. The van der Waals surface area contributed by atoms with Crippen LogP contribution in [0.15, 0.2) is 12.2 Å². The maximum atomic E-state index is 12.3. The van der Waals surface area contributed by atoms with Crippen molar-refractivity contribution in [2.75, 3.05) is 0 Å². The monoisotopic (exact) mass is 290 g/mol. The third kappa shape index (κ3) is 2.45. The topological polar surface area (TPSA) is 26.3 Å². The molecule has 6 atom stereocenters. The van der Waals surface area contributed by atoms with Crippen molar-refractivity contribution in [2.24, 2.45) is 29.6 Å². The molecular formula is C19H30O2. The molecule has 0 spiro atoms. The first-order valence-electron chi connectivity index (χ1n) is 8.83. The van der Waals surface area contributed by atoms with Gasteiger partial charge in [-0.05, 0) is 62.7 Å². The number of carbonyl (C=O) groups is 1. The lowest BCUT2D eigenvalue weighted by Crippen LogP contribution is -2.53. The Hall–Kier alpha value is -0.790. The number of ether oxygens (including phenoxy) is 1. The molecule has 3 aliphatic rings. The van der Waals surface area contributed by atoms with E-state index in [1.807, 2.05) is 0 Å². The highest BCUT2D eigenvalue weighted by Crippen LogP contribution is 2.58. The summed E-state index contributed by atoms with van der Waals surface area (Å²) in [6.07, 6.45) is 8.93. The van der Waals surface area contributed by atoms with Crippen molar-refractivity contribution < 1.29 is 9.53 Å². The molecule has 0 radical (unpaired) electrons. The van der Waals surface area contributed by atoms with Crippen molar-refractivity contribution in [2.45, 2.75) is 71.3 Å². The molecule has 3 fully saturated rings. The predicted octanol–water partition coefficient (Wildman–Crippen LogP) is 4.74. The minimum absolute atomic E-state index is 0.168. The molecule has 0 aromatic heterocycles. The largest absolute Gasteiger partial charge is 0.455 e. The van der Waals surface area contributed by atoms with Gasteiger partial charge in [-0.2, -0.15) is 0 Å². The van der Waals surface area contributed by atoms with Gasteiger partial charge in [0.25, 0.3) is 0 Å². The molecule has 21 heavy (non-hydrogen) atoms. The zero-order valence-corrected chi connectivity index (χ0v) is 13.9. The molecule has 6 unspecified atom stereocenters. The van der Waals surface area contributed by atoms with Crippen molar-refractivity contribution in [1.82, 2.24) is 0 Å². The van der Waals surface area contributed by atoms with Crippen LogP contribution in [-0.2, 0) is 9.53 Å². The zero-order valence-electron chi connectivity index (χ0n) is 13.9. The summed E-state index contributed by atoms with van der Waals surface area (Å²) < 4.78 is 6.22. The van der Waals surface area contributed by atoms with E-state index >= 15 is 0 Å². The van der Waals surface area contributed by atoms with Crippen LogP contribution in [0.1, 0.15) is 65.7 Å². The molecule has 3 rings (SSSR count). The predicted molar refractivity (Wildman–Crippen MR) is 84.8 cm³/mol. The second-order valence-electron chi connectivity index (χ2n) is 8.06. The fourth-order valence-electron chi connectivity index (χ4n) is 5.51. The third-order valence-electron chi connectivity index (χ3n) is 6.85. The number of hydrogen-bond donors (Lipinski definition) is 0. The smallest absolute Gasteiger partial charge is 0.333 e. The van der Waals surface area contributed by atoms with Crippen molar-refractivity contribution in [3.63, 3.8) is 0 Å². The quantitative estimate of drug-likeness (QED) is 0.554. The van der Waals surface area contributed by atoms with E-state index in [1.165, 1.54) is 38.5 Å². The van der Waals surface area contributed by atoms with Gasteiger partial charge in [-0.15, -0.1) is 0 Å². The van der Waals surface area contributed by atoms with Crippen LogP contribution in [-0.4, -0.2) is 11.6 Å². The van der Waals surface area contributed by atoms with E-state index < -0.39 is 0 Å². The van der Waals surface area contributed by atoms with Crippen LogP contribution in [0.5, 0.6) is 0 Å². The summed E-state index contributed by atoms with van der Waals surface area (Å²) in [7, 11) is 0. The van der Waals surface area contributed by atoms with Gasteiger partial charge in [0.05, 0.1) is 0 Å². The number of rotatable bonds is 3. The van der Waals surface area contributed by atoms with Crippen LogP contribution in [0, 0.1) is 29.6 Å². The number of hydrogen-bond acceptors (Lipinski definition) is 2. The molecule has 0 amide bonds. The van der Waals surface area contributed by atoms with Gasteiger partial charge in [0.2, 0.25) is 0 Å². The molecule has 0 N–H and O–H groups in total. The van der Waals surface area contributed by atoms with Crippen molar-refractivity contribution >= 4 is 5.97 Å². The summed E-state index contributed by atoms with van der Waals surface area (Å²) in [4.78, 5) is 12.3. The Morgan fingerprint density at radius 3 is 2.52 bits per heavy atom. The normalized spacial score (nSPS) is 45.6. The molecule has 0 aliphatic heterocycles. The Bertz CT molecular complexity index is 441. The lowest BCUT2D eigenvalue weighted by molar-refractivity contribution is -0.185. The summed E-state index contributed by atoms with van der Waals surface area (Å²) in [5.41, 5.74) is 0.330. The van der Waals surface area contributed by atoms with Gasteiger partial charge in [0.1, 0.15) is 5.60 Å². The van der Waals surface area contributed by atoms with Crippen molar-refractivity contribution in [3.05, 3.63) is 12.2 Å². The molecule has 3 aliphatic carbocycles. The first-order valence-corrected chi connectivity index (χ1v) is 8.83. The third-order valence-corrected chi connectivity index (χ3v) is 6.85. The zero-order chi connectivity index (χ0) is 15.2. The van der Waals surface area contributed by atoms with Gasteiger partial charge in [-0.1, -0.05) is 33.3 Å². The van der Waals surface area contributed by atoms with Crippen molar-refractivity contribution in [3.8, 4) is 0 Å². The molecule has 2 bridgehead atoms. The molecular weight excluding hydrogens is 260 g/mol. The van der Waals surface area contributed by atoms with E-state index in [-0.39, 0.29) is 11.6 Å². The summed E-state index contributed by atoms with van der Waals surface area (Å²) >= 11 is 0. The molecule has 3 saturated carbocycles. The van der Waals surface area contributed by atoms with Crippen LogP contribution in [0.4, 0.5) is 0 Å². The minimum Gasteiger partial charge on any atom is -0.455 e. The standard InChI is InChI=1S/C19H30O2/c1-12(2)18(20)21-19(9-5-6-13(3)14(19)4)17-11-15-7-8-16(17)10-15/h13-17H,1,5-11H2,2-4H3. The van der Waals surface area contributed by atoms with E-state index in [2.05, 4.69) is 20.4 Å². The van der Waals surface area contributed by atoms with Gasteiger partial charge in [-0.3, -0.25) is 0 Å². The summed E-state index contributed by atoms with van der Waals surface area (Å²) in [5, 5.41) is 0. The maximum Gasteiger partial charge on any atom is 0.333 e. The molecule has 118 valence electrons. The molecule has 0 heterocycles. The van der Waals surface area contributed by atoms with E-state index in [0.717, 1.165) is 18.3 Å². The number of fused-ring (bicyclic) bond motifs is 2. The second kappa shape index (κ2) is 5.44. The van der Waals surface area contributed by atoms with Crippen LogP contribution in [0.25, 0.3) is 0 Å². The Labute approximate surface area is 129 Å². The SMILES string of the molecule is C=C(C)C(=O)OC1(C2CC3CCC2C3)CCCC(C)C1C. The first-order chi connectivity index (χ1) is 9.94. The fourth-order valence-corrected chi connectivity index (χ4v) is 5.51. The fraction of sp³-hybridized carbons (Fsp3) is 0.842. The van der Waals surface area contributed by atoms with E-state index in [4.69, 9.17) is 4.74 Å². The highest BCUT2D eigenvalue weighted by Gasteiger charge is 2.56.